The minimum atomic E-state index is -0.637. The number of amides is 1. The van der Waals surface area contributed by atoms with Gasteiger partial charge in [0, 0.05) is 23.8 Å². The predicted octanol–water partition coefficient (Wildman–Crippen LogP) is 3.56. The van der Waals surface area contributed by atoms with Crippen LogP contribution in [0.15, 0.2) is 48.5 Å². The van der Waals surface area contributed by atoms with Crippen LogP contribution in [0.3, 0.4) is 0 Å². The highest BCUT2D eigenvalue weighted by molar-refractivity contribution is 6.31. The summed E-state index contributed by atoms with van der Waals surface area (Å²) in [6, 6.07) is 15.0. The van der Waals surface area contributed by atoms with Crippen LogP contribution in [-0.2, 0) is 16.0 Å². The first kappa shape index (κ1) is 19.2. The molecule has 0 bridgehead atoms. The van der Waals surface area contributed by atoms with E-state index in [-0.39, 0.29) is 23.8 Å². The van der Waals surface area contributed by atoms with Crippen LogP contribution in [0, 0.1) is 5.92 Å². The number of anilines is 1. The molecule has 2 N–H and O–H groups in total. The van der Waals surface area contributed by atoms with E-state index in [1.165, 1.54) is 17.7 Å². The fraction of sp³-hybridized carbons (Fsp3) is 0.333. The first-order valence-electron chi connectivity index (χ1n) is 9.07. The number of carbonyl (C=O) groups is 2. The van der Waals surface area contributed by atoms with Crippen LogP contribution >= 0.6 is 11.6 Å². The molecule has 1 heterocycles. The van der Waals surface area contributed by atoms with E-state index in [1.54, 1.807) is 11.0 Å². The van der Waals surface area contributed by atoms with Crippen molar-refractivity contribution >= 4 is 29.2 Å². The molecule has 0 aliphatic carbocycles. The molecule has 6 heteroatoms. The van der Waals surface area contributed by atoms with Gasteiger partial charge in [-0.2, -0.15) is 0 Å². The molecule has 0 atom stereocenters. The monoisotopic (exact) mass is 386 g/mol. The fourth-order valence-corrected chi connectivity index (χ4v) is 3.51. The third-order valence-electron chi connectivity index (χ3n) is 4.90. The average Bonchev–Trinajstić information content (AvgIpc) is 2.69. The van der Waals surface area contributed by atoms with Crippen LogP contribution in [0.25, 0.3) is 0 Å². The molecule has 1 fully saturated rings. The molecule has 1 aliphatic rings. The Hall–Kier alpha value is -2.53. The second kappa shape index (κ2) is 8.91. The van der Waals surface area contributed by atoms with Crippen molar-refractivity contribution in [3.63, 3.8) is 0 Å². The third-order valence-corrected chi connectivity index (χ3v) is 5.13. The van der Waals surface area contributed by atoms with Crippen molar-refractivity contribution in [3.8, 4) is 0 Å². The summed E-state index contributed by atoms with van der Waals surface area (Å²) in [5.41, 5.74) is 7.55. The lowest BCUT2D eigenvalue weighted by atomic mass is 9.90. The van der Waals surface area contributed by atoms with Gasteiger partial charge in [-0.3, -0.25) is 4.79 Å². The molecule has 1 saturated heterocycles. The topological polar surface area (TPSA) is 72.6 Å². The molecular formula is C21H23ClN2O3. The summed E-state index contributed by atoms with van der Waals surface area (Å²) in [4.78, 5) is 26.2. The third kappa shape index (κ3) is 5.23. The number of nitrogen functional groups attached to an aromatic ring is 1. The summed E-state index contributed by atoms with van der Waals surface area (Å²) >= 11 is 5.88. The number of rotatable bonds is 5. The number of ether oxygens (including phenoxy) is 1. The second-order valence-electron chi connectivity index (χ2n) is 6.82. The van der Waals surface area contributed by atoms with E-state index in [2.05, 4.69) is 24.3 Å². The van der Waals surface area contributed by atoms with Gasteiger partial charge in [0.2, 0.25) is 0 Å². The maximum Gasteiger partial charge on any atom is 0.340 e. The lowest BCUT2D eigenvalue weighted by Crippen LogP contribution is -2.41. The van der Waals surface area contributed by atoms with E-state index in [1.807, 2.05) is 6.07 Å². The molecule has 0 aromatic heterocycles. The number of esters is 1. The molecule has 0 unspecified atom stereocenters. The van der Waals surface area contributed by atoms with Gasteiger partial charge in [0.15, 0.2) is 6.61 Å². The maximum absolute atomic E-state index is 12.3. The number of nitrogens with two attached hydrogens (primary N) is 1. The minimum absolute atomic E-state index is 0.178. The Bertz CT molecular complexity index is 802. The van der Waals surface area contributed by atoms with Gasteiger partial charge < -0.3 is 15.4 Å². The van der Waals surface area contributed by atoms with Crippen LogP contribution in [0.2, 0.25) is 5.02 Å². The molecule has 5 nitrogen and oxygen atoms in total. The number of hydrogen-bond donors (Lipinski definition) is 1. The molecule has 3 rings (SSSR count). The smallest absolute Gasteiger partial charge is 0.340 e. The van der Waals surface area contributed by atoms with Crippen molar-refractivity contribution < 1.29 is 14.3 Å². The lowest BCUT2D eigenvalue weighted by Gasteiger charge is -2.32. The van der Waals surface area contributed by atoms with Gasteiger partial charge in [-0.25, -0.2) is 4.79 Å². The molecule has 27 heavy (non-hydrogen) atoms. The van der Waals surface area contributed by atoms with Gasteiger partial charge in [0.05, 0.1) is 5.56 Å². The van der Waals surface area contributed by atoms with Crippen LogP contribution in [0.4, 0.5) is 5.69 Å². The molecule has 2 aromatic rings. The molecule has 0 spiro atoms. The summed E-state index contributed by atoms with van der Waals surface area (Å²) in [6.07, 6.45) is 2.94. The second-order valence-corrected chi connectivity index (χ2v) is 7.26. The summed E-state index contributed by atoms with van der Waals surface area (Å²) in [5.74, 6) is -0.241. The van der Waals surface area contributed by atoms with E-state index in [9.17, 15) is 9.59 Å². The molecule has 1 amide bonds. The highest BCUT2D eigenvalue weighted by atomic mass is 35.5. The number of halogens is 1. The zero-order valence-corrected chi connectivity index (χ0v) is 15.8. The zero-order valence-electron chi connectivity index (χ0n) is 15.1. The first-order valence-corrected chi connectivity index (χ1v) is 9.44. The Labute approximate surface area is 164 Å². The van der Waals surface area contributed by atoms with E-state index in [0.717, 1.165) is 19.3 Å². The van der Waals surface area contributed by atoms with Crippen molar-refractivity contribution in [2.45, 2.75) is 19.3 Å². The number of nitrogens with zero attached hydrogens (tertiary/aromatic N) is 1. The van der Waals surface area contributed by atoms with Crippen LogP contribution in [-0.4, -0.2) is 36.5 Å². The first-order chi connectivity index (χ1) is 13.0. The number of carbonyl (C=O) groups excluding carboxylic acids is 2. The Kier molecular flexibility index (Phi) is 6.35. The van der Waals surface area contributed by atoms with Crippen molar-refractivity contribution in [2.75, 3.05) is 25.4 Å². The van der Waals surface area contributed by atoms with Crippen molar-refractivity contribution in [2.24, 2.45) is 5.92 Å². The molecule has 1 aliphatic heterocycles. The minimum Gasteiger partial charge on any atom is -0.452 e. The van der Waals surface area contributed by atoms with Gasteiger partial charge in [-0.1, -0.05) is 41.9 Å². The summed E-state index contributed by atoms with van der Waals surface area (Å²) in [5, 5.41) is 0.392. The van der Waals surface area contributed by atoms with E-state index in [4.69, 9.17) is 22.1 Å². The highest BCUT2D eigenvalue weighted by Crippen LogP contribution is 2.22. The van der Waals surface area contributed by atoms with Crippen LogP contribution in [0.5, 0.6) is 0 Å². The van der Waals surface area contributed by atoms with Crippen LogP contribution in [0.1, 0.15) is 28.8 Å². The lowest BCUT2D eigenvalue weighted by molar-refractivity contribution is -0.135. The predicted molar refractivity (Wildman–Crippen MR) is 106 cm³/mol. The van der Waals surface area contributed by atoms with Crippen molar-refractivity contribution in [1.29, 1.82) is 0 Å². The molecular weight excluding hydrogens is 364 g/mol. The van der Waals surface area contributed by atoms with Gasteiger partial charge in [-0.15, -0.1) is 0 Å². The largest absolute Gasteiger partial charge is 0.452 e. The highest BCUT2D eigenvalue weighted by Gasteiger charge is 2.24. The van der Waals surface area contributed by atoms with Gasteiger partial charge in [-0.05, 0) is 48.9 Å². The Morgan fingerprint density at radius 1 is 1.11 bits per heavy atom. The number of hydrogen-bond acceptors (Lipinski definition) is 4. The Morgan fingerprint density at radius 2 is 1.81 bits per heavy atom. The van der Waals surface area contributed by atoms with Crippen LogP contribution < -0.4 is 5.73 Å². The van der Waals surface area contributed by atoms with Gasteiger partial charge in [0.25, 0.3) is 5.91 Å². The normalized spacial score (nSPS) is 14.8. The summed E-state index contributed by atoms with van der Waals surface area (Å²) < 4.78 is 5.13. The Balaban J connectivity index is 1.45. The zero-order chi connectivity index (χ0) is 19.2. The summed E-state index contributed by atoms with van der Waals surface area (Å²) in [7, 11) is 0. The summed E-state index contributed by atoms with van der Waals surface area (Å²) in [6.45, 7) is 1.09. The van der Waals surface area contributed by atoms with Gasteiger partial charge in [0.1, 0.15) is 0 Å². The van der Waals surface area contributed by atoms with E-state index < -0.39 is 5.97 Å². The Morgan fingerprint density at radius 3 is 2.52 bits per heavy atom. The van der Waals surface area contributed by atoms with Gasteiger partial charge >= 0.3 is 5.97 Å². The molecule has 0 saturated carbocycles. The molecule has 2 aromatic carbocycles. The number of piperidine rings is 1. The van der Waals surface area contributed by atoms with E-state index in [0.29, 0.717) is 24.0 Å². The quantitative estimate of drug-likeness (QED) is 0.630. The molecule has 142 valence electrons. The maximum atomic E-state index is 12.3. The SMILES string of the molecule is Nc1ccc(Cl)cc1C(=O)OCC(=O)N1CCC(Cc2ccccc2)CC1. The van der Waals surface area contributed by atoms with Crippen molar-refractivity contribution in [1.82, 2.24) is 4.90 Å². The van der Waals surface area contributed by atoms with E-state index >= 15 is 0 Å². The average molecular weight is 387 g/mol. The number of likely N-dealkylation sites (tertiary alicyclic amines) is 1. The molecule has 0 radical (unpaired) electrons. The standard InChI is InChI=1S/C21H23ClN2O3/c22-17-6-7-19(23)18(13-17)21(26)27-14-20(25)24-10-8-16(9-11-24)12-15-4-2-1-3-5-15/h1-7,13,16H,8-12,14,23H2. The van der Waals surface area contributed by atoms with Crippen molar-refractivity contribution in [3.05, 3.63) is 64.7 Å². The fourth-order valence-electron chi connectivity index (χ4n) is 3.34. The number of benzene rings is 2.